The number of halogens is 3. The fraction of sp³-hybridized carbons (Fsp3) is 0.0667. The molecule has 0 aliphatic heterocycles. The molecule has 2 rings (SSSR count). The second-order valence-corrected chi connectivity index (χ2v) is 6.03. The molecule has 7 heteroatoms. The molecule has 0 atom stereocenters. The highest BCUT2D eigenvalue weighted by Crippen LogP contribution is 2.17. The van der Waals surface area contributed by atoms with Crippen molar-refractivity contribution < 1.29 is 14.0 Å². The zero-order valence-electron chi connectivity index (χ0n) is 11.2. The minimum Gasteiger partial charge on any atom is -0.273 e. The molecule has 0 radical (unpaired) electrons. The Kier molecular flexibility index (Phi) is 5.73. The molecule has 0 spiro atoms. The first-order chi connectivity index (χ1) is 10.5. The van der Waals surface area contributed by atoms with E-state index >= 15 is 0 Å². The lowest BCUT2D eigenvalue weighted by Gasteiger charge is -2.09. The van der Waals surface area contributed by atoms with Gasteiger partial charge < -0.3 is 0 Å². The minimum absolute atomic E-state index is 0.0400. The number of hydrogen-bond acceptors (Lipinski definition) is 2. The van der Waals surface area contributed by atoms with Gasteiger partial charge in [-0.15, -0.1) is 0 Å². The Bertz CT molecular complexity index is 707. The molecule has 22 heavy (non-hydrogen) atoms. The second-order valence-electron chi connectivity index (χ2n) is 4.43. The highest BCUT2D eigenvalue weighted by molar-refractivity contribution is 14.1. The number of hydrazine groups is 1. The van der Waals surface area contributed by atoms with Crippen molar-refractivity contribution in [1.29, 1.82) is 0 Å². The molecule has 0 aliphatic rings. The van der Waals surface area contributed by atoms with Crippen LogP contribution >= 0.6 is 34.2 Å². The molecule has 0 heterocycles. The Balaban J connectivity index is 1.90. The quantitative estimate of drug-likeness (QED) is 0.578. The van der Waals surface area contributed by atoms with E-state index < -0.39 is 11.8 Å². The molecule has 4 nitrogen and oxygen atoms in total. The summed E-state index contributed by atoms with van der Waals surface area (Å²) in [6, 6.07) is 10.4. The van der Waals surface area contributed by atoms with Crippen LogP contribution in [-0.4, -0.2) is 11.8 Å². The number of hydrogen-bond donors (Lipinski definition) is 2. The van der Waals surface area contributed by atoms with E-state index in [0.29, 0.717) is 19.7 Å². The standard InChI is InChI=1S/C15H11ClFIN2O2/c16-10-3-6-12(13(18)8-10)15(22)20-19-14(21)7-9-1-4-11(17)5-2-9/h1-6,8H,7H2,(H,19,21)(H,20,22). The van der Waals surface area contributed by atoms with Crippen LogP contribution in [0.15, 0.2) is 42.5 Å². The van der Waals surface area contributed by atoms with Gasteiger partial charge in [0.25, 0.3) is 5.91 Å². The number of amides is 2. The van der Waals surface area contributed by atoms with Crippen molar-refractivity contribution in [2.45, 2.75) is 6.42 Å². The van der Waals surface area contributed by atoms with Crippen LogP contribution in [0.4, 0.5) is 4.39 Å². The lowest BCUT2D eigenvalue weighted by atomic mass is 10.1. The zero-order chi connectivity index (χ0) is 16.1. The van der Waals surface area contributed by atoms with E-state index in [1.54, 1.807) is 18.2 Å². The van der Waals surface area contributed by atoms with Crippen molar-refractivity contribution in [3.05, 3.63) is 68.0 Å². The summed E-state index contributed by atoms with van der Waals surface area (Å²) in [5, 5.41) is 0.529. The van der Waals surface area contributed by atoms with Crippen LogP contribution in [-0.2, 0) is 11.2 Å². The Labute approximate surface area is 145 Å². The number of carbonyl (C=O) groups excluding carboxylic acids is 2. The van der Waals surface area contributed by atoms with Gasteiger partial charge in [-0.2, -0.15) is 0 Å². The van der Waals surface area contributed by atoms with E-state index in [0.717, 1.165) is 0 Å². The van der Waals surface area contributed by atoms with E-state index in [9.17, 15) is 14.0 Å². The lowest BCUT2D eigenvalue weighted by molar-refractivity contribution is -0.121. The smallest absolute Gasteiger partial charge is 0.270 e. The first-order valence-electron chi connectivity index (χ1n) is 6.24. The van der Waals surface area contributed by atoms with Crippen molar-refractivity contribution in [3.63, 3.8) is 0 Å². The fourth-order valence-corrected chi connectivity index (χ4v) is 2.82. The summed E-state index contributed by atoms with van der Waals surface area (Å²) in [7, 11) is 0. The minimum atomic E-state index is -0.437. The summed E-state index contributed by atoms with van der Waals surface area (Å²) in [6.07, 6.45) is 0.0400. The second kappa shape index (κ2) is 7.55. The van der Waals surface area contributed by atoms with Crippen LogP contribution in [0.2, 0.25) is 5.02 Å². The summed E-state index contributed by atoms with van der Waals surface area (Å²) < 4.78 is 13.4. The number of benzene rings is 2. The molecule has 0 aromatic heterocycles. The topological polar surface area (TPSA) is 58.2 Å². The van der Waals surface area contributed by atoms with Crippen molar-refractivity contribution in [1.82, 2.24) is 10.9 Å². The molecule has 2 aromatic carbocycles. The number of nitrogens with one attached hydrogen (secondary N) is 2. The molecule has 0 saturated carbocycles. The van der Waals surface area contributed by atoms with E-state index in [2.05, 4.69) is 10.9 Å². The van der Waals surface area contributed by atoms with Crippen LogP contribution in [0.1, 0.15) is 15.9 Å². The third-order valence-corrected chi connectivity index (χ3v) is 3.90. The van der Waals surface area contributed by atoms with Crippen LogP contribution < -0.4 is 10.9 Å². The third-order valence-electron chi connectivity index (χ3n) is 2.77. The van der Waals surface area contributed by atoms with Gasteiger partial charge in [0.2, 0.25) is 5.91 Å². The third kappa shape index (κ3) is 4.67. The highest BCUT2D eigenvalue weighted by Gasteiger charge is 2.11. The molecular weight excluding hydrogens is 422 g/mol. The Morgan fingerprint density at radius 3 is 2.41 bits per heavy atom. The molecule has 0 unspecified atom stereocenters. The molecule has 0 bridgehead atoms. The monoisotopic (exact) mass is 432 g/mol. The van der Waals surface area contributed by atoms with E-state index in [4.69, 9.17) is 11.6 Å². The molecule has 2 amide bonds. The molecular formula is C15H11ClFIN2O2. The molecule has 0 fully saturated rings. The van der Waals surface area contributed by atoms with Gasteiger partial charge in [-0.1, -0.05) is 23.7 Å². The van der Waals surface area contributed by atoms with Crippen molar-refractivity contribution in [2.24, 2.45) is 0 Å². The lowest BCUT2D eigenvalue weighted by Crippen LogP contribution is -2.42. The number of carbonyl (C=O) groups is 2. The summed E-state index contributed by atoms with van der Waals surface area (Å²) in [5.41, 5.74) is 5.70. The van der Waals surface area contributed by atoms with E-state index in [1.807, 2.05) is 22.6 Å². The SMILES string of the molecule is O=C(Cc1ccc(F)cc1)NNC(=O)c1ccc(Cl)cc1I. The van der Waals surface area contributed by atoms with Crippen LogP contribution in [0.25, 0.3) is 0 Å². The summed E-state index contributed by atoms with van der Waals surface area (Å²) in [6.45, 7) is 0. The number of rotatable bonds is 3. The Hall–Kier alpha value is -1.67. The predicted molar refractivity (Wildman–Crippen MR) is 89.9 cm³/mol. The van der Waals surface area contributed by atoms with Gasteiger partial charge in [0.1, 0.15) is 5.82 Å². The van der Waals surface area contributed by atoms with Crippen LogP contribution in [0.5, 0.6) is 0 Å². The van der Waals surface area contributed by atoms with Crippen molar-refractivity contribution in [3.8, 4) is 0 Å². The normalized spacial score (nSPS) is 10.1. The van der Waals surface area contributed by atoms with Gasteiger partial charge in [0.05, 0.1) is 12.0 Å². The Morgan fingerprint density at radius 2 is 1.77 bits per heavy atom. The van der Waals surface area contributed by atoms with Crippen molar-refractivity contribution >= 4 is 46.0 Å². The summed E-state index contributed by atoms with van der Waals surface area (Å²) in [4.78, 5) is 23.7. The van der Waals surface area contributed by atoms with E-state index in [1.165, 1.54) is 24.3 Å². The first-order valence-corrected chi connectivity index (χ1v) is 7.70. The van der Waals surface area contributed by atoms with Gasteiger partial charge in [-0.05, 0) is 58.5 Å². The molecule has 0 saturated heterocycles. The van der Waals surface area contributed by atoms with Gasteiger partial charge in [-0.3, -0.25) is 20.4 Å². The maximum atomic E-state index is 12.8. The average Bonchev–Trinajstić information content (AvgIpc) is 2.47. The summed E-state index contributed by atoms with van der Waals surface area (Å²) >= 11 is 7.80. The average molecular weight is 433 g/mol. The molecule has 2 aromatic rings. The van der Waals surface area contributed by atoms with Gasteiger partial charge in [-0.25, -0.2) is 4.39 Å². The molecule has 0 aliphatic carbocycles. The van der Waals surface area contributed by atoms with E-state index in [-0.39, 0.29) is 12.2 Å². The first kappa shape index (κ1) is 16.7. The van der Waals surface area contributed by atoms with Crippen LogP contribution in [0.3, 0.4) is 0 Å². The van der Waals surface area contributed by atoms with Gasteiger partial charge >= 0.3 is 0 Å². The molecule has 2 N–H and O–H groups in total. The van der Waals surface area contributed by atoms with Crippen molar-refractivity contribution in [2.75, 3.05) is 0 Å². The fourth-order valence-electron chi connectivity index (χ4n) is 1.70. The Morgan fingerprint density at radius 1 is 1.09 bits per heavy atom. The van der Waals surface area contributed by atoms with Crippen LogP contribution in [0, 0.1) is 9.39 Å². The molecule has 114 valence electrons. The largest absolute Gasteiger partial charge is 0.273 e. The zero-order valence-corrected chi connectivity index (χ0v) is 14.1. The highest BCUT2D eigenvalue weighted by atomic mass is 127. The van der Waals surface area contributed by atoms with Gasteiger partial charge in [0, 0.05) is 8.59 Å². The maximum absolute atomic E-state index is 12.8. The summed E-state index contributed by atoms with van der Waals surface area (Å²) in [5.74, 6) is -1.20. The maximum Gasteiger partial charge on any atom is 0.270 e. The van der Waals surface area contributed by atoms with Gasteiger partial charge in [0.15, 0.2) is 0 Å². The predicted octanol–water partition coefficient (Wildman–Crippen LogP) is 3.09.